The average Bonchev–Trinajstić information content (AvgIpc) is 3.24. The summed E-state index contributed by atoms with van der Waals surface area (Å²) in [6, 6.07) is 5.85. The van der Waals surface area contributed by atoms with Gasteiger partial charge in [0.05, 0.1) is 17.3 Å². The van der Waals surface area contributed by atoms with E-state index in [1.54, 1.807) is 18.7 Å². The van der Waals surface area contributed by atoms with E-state index in [-0.39, 0.29) is 11.4 Å². The molecule has 2 aliphatic rings. The number of rotatable bonds is 3. The van der Waals surface area contributed by atoms with Crippen LogP contribution in [0.15, 0.2) is 43.1 Å². The molecule has 26 heavy (non-hydrogen) atoms. The molecule has 1 amide bonds. The van der Waals surface area contributed by atoms with Crippen LogP contribution in [-0.4, -0.2) is 55.9 Å². The van der Waals surface area contributed by atoms with E-state index < -0.39 is 0 Å². The molecular weight excluding hydrogens is 328 g/mol. The molecule has 0 atom stereocenters. The molecular formula is C19H20N6O. The summed E-state index contributed by atoms with van der Waals surface area (Å²) < 4.78 is 0. The van der Waals surface area contributed by atoms with E-state index in [9.17, 15) is 4.79 Å². The molecule has 7 heteroatoms. The van der Waals surface area contributed by atoms with Crippen molar-refractivity contribution >= 4 is 22.8 Å². The number of amides is 1. The second-order valence-corrected chi connectivity index (χ2v) is 7.16. The number of hydrogen-bond donors (Lipinski definition) is 1. The molecule has 5 rings (SSSR count). The van der Waals surface area contributed by atoms with Crippen molar-refractivity contribution < 1.29 is 4.79 Å². The van der Waals surface area contributed by atoms with Crippen molar-refractivity contribution in [3.05, 3.63) is 48.7 Å². The Morgan fingerprint density at radius 3 is 2.81 bits per heavy atom. The maximum absolute atomic E-state index is 12.9. The van der Waals surface area contributed by atoms with Crippen LogP contribution in [0.25, 0.3) is 11.0 Å². The van der Waals surface area contributed by atoms with E-state index in [0.717, 1.165) is 54.9 Å². The number of fused-ring (bicyclic) bond motifs is 1. The van der Waals surface area contributed by atoms with E-state index >= 15 is 0 Å². The van der Waals surface area contributed by atoms with Crippen molar-refractivity contribution in [3.8, 4) is 0 Å². The van der Waals surface area contributed by atoms with Gasteiger partial charge in [-0.2, -0.15) is 0 Å². The van der Waals surface area contributed by atoms with Gasteiger partial charge in [0, 0.05) is 38.2 Å². The fourth-order valence-electron chi connectivity index (χ4n) is 4.00. The summed E-state index contributed by atoms with van der Waals surface area (Å²) >= 11 is 0. The molecule has 0 bridgehead atoms. The Labute approximate surface area is 151 Å². The molecule has 1 saturated heterocycles. The van der Waals surface area contributed by atoms with Crippen LogP contribution in [0.4, 0.5) is 5.82 Å². The van der Waals surface area contributed by atoms with Crippen LogP contribution in [0.3, 0.4) is 0 Å². The molecule has 0 radical (unpaired) electrons. The molecule has 0 unspecified atom stereocenters. The molecule has 0 aromatic carbocycles. The SMILES string of the molecule is O=C(Cc1ccncc1)N1CCN(c2ncnc3[nH]ccc23)CC12CC2. The maximum atomic E-state index is 12.9. The zero-order chi connectivity index (χ0) is 17.6. The van der Waals surface area contributed by atoms with Crippen molar-refractivity contribution in [2.75, 3.05) is 24.5 Å². The van der Waals surface area contributed by atoms with Crippen molar-refractivity contribution in [1.29, 1.82) is 0 Å². The highest BCUT2D eigenvalue weighted by atomic mass is 16.2. The number of aromatic amines is 1. The van der Waals surface area contributed by atoms with Gasteiger partial charge >= 0.3 is 0 Å². The van der Waals surface area contributed by atoms with Gasteiger partial charge in [0.25, 0.3) is 0 Å². The van der Waals surface area contributed by atoms with Gasteiger partial charge in [-0.1, -0.05) is 0 Å². The predicted molar refractivity (Wildman–Crippen MR) is 97.7 cm³/mol. The number of nitrogens with one attached hydrogen (secondary N) is 1. The van der Waals surface area contributed by atoms with Crippen LogP contribution in [0.5, 0.6) is 0 Å². The van der Waals surface area contributed by atoms with Crippen molar-refractivity contribution in [1.82, 2.24) is 24.8 Å². The zero-order valence-corrected chi connectivity index (χ0v) is 14.4. The summed E-state index contributed by atoms with van der Waals surface area (Å²) in [6.07, 6.45) is 9.55. The Morgan fingerprint density at radius 2 is 2.00 bits per heavy atom. The maximum Gasteiger partial charge on any atom is 0.227 e. The number of carbonyl (C=O) groups excluding carboxylic acids is 1. The fraction of sp³-hybridized carbons (Fsp3) is 0.368. The third kappa shape index (κ3) is 2.51. The number of piperazine rings is 1. The Morgan fingerprint density at radius 1 is 1.15 bits per heavy atom. The third-order valence-electron chi connectivity index (χ3n) is 5.52. The Hall–Kier alpha value is -2.96. The van der Waals surface area contributed by atoms with Crippen LogP contribution in [0.1, 0.15) is 18.4 Å². The minimum Gasteiger partial charge on any atom is -0.352 e. The van der Waals surface area contributed by atoms with Crippen molar-refractivity contribution in [2.24, 2.45) is 0 Å². The van der Waals surface area contributed by atoms with Gasteiger partial charge in [-0.25, -0.2) is 9.97 Å². The molecule has 1 spiro atoms. The number of anilines is 1. The average molecular weight is 348 g/mol. The van der Waals surface area contributed by atoms with E-state index in [4.69, 9.17) is 0 Å². The first kappa shape index (κ1) is 15.3. The normalized spacial score (nSPS) is 18.5. The van der Waals surface area contributed by atoms with Crippen LogP contribution in [0, 0.1) is 0 Å². The number of carbonyl (C=O) groups is 1. The minimum atomic E-state index is -0.0318. The number of hydrogen-bond acceptors (Lipinski definition) is 5. The van der Waals surface area contributed by atoms with Gasteiger partial charge in [0.15, 0.2) is 0 Å². The molecule has 1 N–H and O–H groups in total. The topological polar surface area (TPSA) is 78.0 Å². The summed E-state index contributed by atoms with van der Waals surface area (Å²) in [5.74, 6) is 1.17. The molecule has 3 aromatic heterocycles. The Balaban J connectivity index is 1.36. The molecule has 1 aliphatic heterocycles. The van der Waals surface area contributed by atoms with E-state index in [1.165, 1.54) is 0 Å². The minimum absolute atomic E-state index is 0.0318. The molecule has 2 fully saturated rings. The van der Waals surface area contributed by atoms with Gasteiger partial charge < -0.3 is 14.8 Å². The summed E-state index contributed by atoms with van der Waals surface area (Å²) in [6.45, 7) is 2.37. The van der Waals surface area contributed by atoms with Gasteiger partial charge in [0.1, 0.15) is 17.8 Å². The van der Waals surface area contributed by atoms with E-state index in [1.807, 2.05) is 24.4 Å². The fourth-order valence-corrected chi connectivity index (χ4v) is 4.00. The summed E-state index contributed by atoms with van der Waals surface area (Å²) in [4.78, 5) is 33.3. The number of nitrogens with zero attached hydrogens (tertiary/aromatic N) is 5. The lowest BCUT2D eigenvalue weighted by Crippen LogP contribution is -2.57. The summed E-state index contributed by atoms with van der Waals surface area (Å²) in [5, 5.41) is 1.04. The highest BCUT2D eigenvalue weighted by molar-refractivity contribution is 5.87. The van der Waals surface area contributed by atoms with Crippen molar-refractivity contribution in [2.45, 2.75) is 24.8 Å². The van der Waals surface area contributed by atoms with E-state index in [2.05, 4.69) is 29.7 Å². The monoisotopic (exact) mass is 348 g/mol. The van der Waals surface area contributed by atoms with Gasteiger partial charge in [0.2, 0.25) is 5.91 Å². The standard InChI is InChI=1S/C19H20N6O/c26-16(11-14-1-6-20-7-2-14)25-10-9-24(12-19(25)4-5-19)18-15-3-8-21-17(15)22-13-23-18/h1-3,6-8,13H,4-5,9-12H2,(H,21,22,23). The second kappa shape index (κ2) is 5.79. The molecule has 1 aliphatic carbocycles. The molecule has 132 valence electrons. The molecule has 1 saturated carbocycles. The number of aromatic nitrogens is 4. The number of H-pyrrole nitrogens is 1. The lowest BCUT2D eigenvalue weighted by atomic mass is 10.1. The van der Waals surface area contributed by atoms with E-state index in [0.29, 0.717) is 6.42 Å². The van der Waals surface area contributed by atoms with Gasteiger partial charge in [-0.3, -0.25) is 9.78 Å². The van der Waals surface area contributed by atoms with Crippen LogP contribution in [-0.2, 0) is 11.2 Å². The first-order valence-corrected chi connectivity index (χ1v) is 8.98. The lowest BCUT2D eigenvalue weighted by Gasteiger charge is -2.43. The smallest absolute Gasteiger partial charge is 0.227 e. The largest absolute Gasteiger partial charge is 0.352 e. The highest BCUT2D eigenvalue weighted by Gasteiger charge is 2.53. The summed E-state index contributed by atoms with van der Waals surface area (Å²) in [5.41, 5.74) is 1.85. The zero-order valence-electron chi connectivity index (χ0n) is 14.4. The quantitative estimate of drug-likeness (QED) is 0.781. The van der Waals surface area contributed by atoms with Crippen LogP contribution in [0.2, 0.25) is 0 Å². The molecule has 7 nitrogen and oxygen atoms in total. The second-order valence-electron chi connectivity index (χ2n) is 7.16. The van der Waals surface area contributed by atoms with Crippen molar-refractivity contribution in [3.63, 3.8) is 0 Å². The van der Waals surface area contributed by atoms with Gasteiger partial charge in [-0.05, 0) is 36.6 Å². The Kier molecular flexibility index (Phi) is 3.41. The first-order chi connectivity index (χ1) is 12.8. The Bertz CT molecular complexity index is 949. The molecule has 3 aromatic rings. The van der Waals surface area contributed by atoms with Crippen LogP contribution >= 0.6 is 0 Å². The lowest BCUT2D eigenvalue weighted by molar-refractivity contribution is -0.134. The highest BCUT2D eigenvalue weighted by Crippen LogP contribution is 2.45. The van der Waals surface area contributed by atoms with Gasteiger partial charge in [-0.15, -0.1) is 0 Å². The summed E-state index contributed by atoms with van der Waals surface area (Å²) in [7, 11) is 0. The number of pyridine rings is 1. The third-order valence-corrected chi connectivity index (χ3v) is 5.52. The predicted octanol–water partition coefficient (Wildman–Crippen LogP) is 1.78. The van der Waals surface area contributed by atoms with Crippen LogP contribution < -0.4 is 4.90 Å². The molecule has 4 heterocycles. The first-order valence-electron chi connectivity index (χ1n) is 8.98.